The van der Waals surface area contributed by atoms with Crippen LogP contribution in [0.3, 0.4) is 0 Å². The molecule has 6 heteroatoms. The molecule has 3 rings (SSSR count). The lowest BCUT2D eigenvalue weighted by Crippen LogP contribution is -2.36. The number of methoxy groups -OCH3 is 1. The molecule has 1 aromatic heterocycles. The van der Waals surface area contributed by atoms with E-state index in [1.54, 1.807) is 11.3 Å². The van der Waals surface area contributed by atoms with Crippen molar-refractivity contribution in [2.45, 2.75) is 26.1 Å². The van der Waals surface area contributed by atoms with Gasteiger partial charge >= 0.3 is 0 Å². The van der Waals surface area contributed by atoms with Crippen LogP contribution in [0.2, 0.25) is 0 Å². The summed E-state index contributed by atoms with van der Waals surface area (Å²) in [5.74, 6) is -0.171. The van der Waals surface area contributed by atoms with E-state index in [0.29, 0.717) is 22.7 Å². The molecule has 0 spiro atoms. The number of benzene rings is 1. The number of allylic oxidation sites excluding steroid dienone is 2. The van der Waals surface area contributed by atoms with E-state index in [4.69, 9.17) is 10.5 Å². The maximum Gasteiger partial charge on any atom is 0.181 e. The lowest BCUT2D eigenvalue weighted by molar-refractivity contribution is -0.114. The van der Waals surface area contributed by atoms with Gasteiger partial charge in [0, 0.05) is 34.6 Å². The first-order valence-electron chi connectivity index (χ1n) is 7.61. The number of aliphatic hydroxyl groups excluding tert-OH is 1. The molecule has 0 saturated heterocycles. The molecule has 0 saturated carbocycles. The molecular formula is C18H20N2O3S. The Labute approximate surface area is 144 Å². The molecule has 2 atom stereocenters. The van der Waals surface area contributed by atoms with Gasteiger partial charge in [-0.3, -0.25) is 4.79 Å². The van der Waals surface area contributed by atoms with Gasteiger partial charge in [0.05, 0.1) is 0 Å². The first-order chi connectivity index (χ1) is 11.5. The van der Waals surface area contributed by atoms with Crippen molar-refractivity contribution in [2.24, 2.45) is 5.73 Å². The summed E-state index contributed by atoms with van der Waals surface area (Å²) in [7, 11) is 1.41. The number of thiophene rings is 1. The molecule has 5 nitrogen and oxygen atoms in total. The van der Waals surface area contributed by atoms with Crippen molar-refractivity contribution >= 4 is 27.2 Å². The average molecular weight is 344 g/mol. The van der Waals surface area contributed by atoms with Crippen molar-refractivity contribution < 1.29 is 14.6 Å². The van der Waals surface area contributed by atoms with E-state index < -0.39 is 12.2 Å². The predicted octanol–water partition coefficient (Wildman–Crippen LogP) is 2.59. The molecule has 0 radical (unpaired) electrons. The fraction of sp³-hybridized carbons (Fsp3) is 0.278. The summed E-state index contributed by atoms with van der Waals surface area (Å²) in [5.41, 5.74) is 8.86. The third-order valence-corrected chi connectivity index (χ3v) is 5.31. The molecule has 2 aromatic rings. The third kappa shape index (κ3) is 2.62. The van der Waals surface area contributed by atoms with Crippen LogP contribution in [0, 0.1) is 0 Å². The summed E-state index contributed by atoms with van der Waals surface area (Å²) in [6.07, 6.45) is -1.19. The summed E-state index contributed by atoms with van der Waals surface area (Å²) in [6.45, 7) is 3.35. The van der Waals surface area contributed by atoms with Crippen LogP contribution in [-0.4, -0.2) is 24.3 Å². The van der Waals surface area contributed by atoms with Crippen LogP contribution in [0.4, 0.5) is 0 Å². The van der Waals surface area contributed by atoms with Crippen LogP contribution < -0.4 is 11.1 Å². The van der Waals surface area contributed by atoms with Gasteiger partial charge in [-0.15, -0.1) is 11.3 Å². The lowest BCUT2D eigenvalue weighted by atomic mass is 9.79. The van der Waals surface area contributed by atoms with Crippen LogP contribution >= 0.6 is 11.3 Å². The maximum absolute atomic E-state index is 12.3. The van der Waals surface area contributed by atoms with Crippen molar-refractivity contribution in [3.05, 3.63) is 57.9 Å². The number of nitrogens with two attached hydrogens (primary N) is 1. The van der Waals surface area contributed by atoms with Gasteiger partial charge in [-0.25, -0.2) is 0 Å². The number of dihydropyridines is 1. The first kappa shape index (κ1) is 16.7. The Bertz CT molecular complexity index is 866. The summed E-state index contributed by atoms with van der Waals surface area (Å²) in [6, 6.07) is 7.99. The second-order valence-corrected chi connectivity index (χ2v) is 6.71. The number of hydrogen-bond acceptors (Lipinski definition) is 6. The molecule has 2 unspecified atom stereocenters. The highest BCUT2D eigenvalue weighted by Gasteiger charge is 2.36. The standard InChI is InChI=1S/C18H20N2O3S/c1-9-14(10(2)21)15(16(17(19)20-9)18(22)23-3)12-8-24-13-7-5-4-6-11(12)13/h4-8,15,18,20,22H,19H2,1-3H3. The minimum absolute atomic E-state index is 0.0615. The molecule has 126 valence electrons. The number of carbonyl (C=O) groups is 1. The monoisotopic (exact) mass is 344 g/mol. The van der Waals surface area contributed by atoms with E-state index in [1.807, 2.05) is 36.6 Å². The Kier molecular flexibility index (Phi) is 4.45. The number of hydrogen-bond donors (Lipinski definition) is 3. The molecular weight excluding hydrogens is 324 g/mol. The highest BCUT2D eigenvalue weighted by molar-refractivity contribution is 7.17. The molecule has 0 aliphatic carbocycles. The van der Waals surface area contributed by atoms with Crippen molar-refractivity contribution in [2.75, 3.05) is 7.11 Å². The van der Waals surface area contributed by atoms with Crippen molar-refractivity contribution in [3.63, 3.8) is 0 Å². The minimum atomic E-state index is -1.19. The number of ketones is 1. The smallest absolute Gasteiger partial charge is 0.181 e. The largest absolute Gasteiger partial charge is 0.385 e. The van der Waals surface area contributed by atoms with Crippen LogP contribution in [0.25, 0.3) is 10.1 Å². The number of ether oxygens (including phenoxy) is 1. The molecule has 0 bridgehead atoms. The Balaban J connectivity index is 2.28. The van der Waals surface area contributed by atoms with Gasteiger partial charge in [-0.1, -0.05) is 18.2 Å². The van der Waals surface area contributed by atoms with E-state index in [2.05, 4.69) is 5.32 Å². The topological polar surface area (TPSA) is 84.6 Å². The maximum atomic E-state index is 12.3. The van der Waals surface area contributed by atoms with E-state index >= 15 is 0 Å². The van der Waals surface area contributed by atoms with Gasteiger partial charge in [0.1, 0.15) is 5.82 Å². The van der Waals surface area contributed by atoms with E-state index in [0.717, 1.165) is 15.6 Å². The second-order valence-electron chi connectivity index (χ2n) is 5.80. The van der Waals surface area contributed by atoms with Crippen LogP contribution in [0.15, 0.2) is 52.3 Å². The summed E-state index contributed by atoms with van der Waals surface area (Å²) < 4.78 is 6.23. The number of Topliss-reactive ketones (excluding diaryl/α,β-unsaturated/α-hetero) is 1. The molecule has 1 aliphatic rings. The van der Waals surface area contributed by atoms with E-state index in [-0.39, 0.29) is 5.78 Å². The SMILES string of the molecule is COC(O)C1=C(N)NC(C)=C(C(C)=O)C1c1csc2ccccc12. The Morgan fingerprint density at radius 2 is 2.12 bits per heavy atom. The molecule has 0 amide bonds. The molecule has 0 fully saturated rings. The highest BCUT2D eigenvalue weighted by atomic mass is 32.1. The Morgan fingerprint density at radius 1 is 1.42 bits per heavy atom. The van der Waals surface area contributed by atoms with Crippen molar-refractivity contribution in [3.8, 4) is 0 Å². The average Bonchev–Trinajstić information content (AvgIpc) is 2.96. The second kappa shape index (κ2) is 6.39. The van der Waals surface area contributed by atoms with Gasteiger partial charge in [-0.2, -0.15) is 0 Å². The van der Waals surface area contributed by atoms with Gasteiger partial charge in [0.2, 0.25) is 0 Å². The Hall–Kier alpha value is -2.15. The molecule has 4 N–H and O–H groups in total. The number of rotatable bonds is 4. The predicted molar refractivity (Wildman–Crippen MR) is 95.3 cm³/mol. The number of carbonyl (C=O) groups excluding carboxylic acids is 1. The normalized spacial score (nSPS) is 19.6. The molecule has 1 aliphatic heterocycles. The summed E-state index contributed by atoms with van der Waals surface area (Å²) in [5, 5.41) is 16.4. The zero-order chi connectivity index (χ0) is 17.4. The lowest BCUT2D eigenvalue weighted by Gasteiger charge is -2.32. The minimum Gasteiger partial charge on any atom is -0.385 e. The fourth-order valence-electron chi connectivity index (χ4n) is 3.28. The number of nitrogens with one attached hydrogen (secondary N) is 1. The van der Waals surface area contributed by atoms with Crippen LogP contribution in [0.1, 0.15) is 25.3 Å². The quantitative estimate of drug-likeness (QED) is 0.743. The number of aliphatic hydroxyl groups is 1. The summed E-state index contributed by atoms with van der Waals surface area (Å²) >= 11 is 1.60. The summed E-state index contributed by atoms with van der Waals surface area (Å²) in [4.78, 5) is 12.3. The van der Waals surface area contributed by atoms with E-state index in [1.165, 1.54) is 14.0 Å². The molecule has 24 heavy (non-hydrogen) atoms. The molecule has 2 heterocycles. The van der Waals surface area contributed by atoms with Crippen LogP contribution in [-0.2, 0) is 9.53 Å². The van der Waals surface area contributed by atoms with E-state index in [9.17, 15) is 9.90 Å². The van der Waals surface area contributed by atoms with Crippen LogP contribution in [0.5, 0.6) is 0 Å². The highest BCUT2D eigenvalue weighted by Crippen LogP contribution is 2.43. The zero-order valence-corrected chi connectivity index (χ0v) is 14.6. The third-order valence-electron chi connectivity index (χ3n) is 4.33. The van der Waals surface area contributed by atoms with Gasteiger partial charge in [0.25, 0.3) is 0 Å². The molecule has 1 aromatic carbocycles. The Morgan fingerprint density at radius 3 is 2.79 bits per heavy atom. The van der Waals surface area contributed by atoms with Crippen molar-refractivity contribution in [1.82, 2.24) is 5.32 Å². The number of fused-ring (bicyclic) bond motifs is 1. The first-order valence-corrected chi connectivity index (χ1v) is 8.49. The van der Waals surface area contributed by atoms with Gasteiger partial charge in [-0.05, 0) is 36.2 Å². The van der Waals surface area contributed by atoms with Crippen molar-refractivity contribution in [1.29, 1.82) is 0 Å². The zero-order valence-electron chi connectivity index (χ0n) is 13.8. The van der Waals surface area contributed by atoms with Gasteiger partial charge < -0.3 is 20.9 Å². The fourth-order valence-corrected chi connectivity index (χ4v) is 4.27. The van der Waals surface area contributed by atoms with Gasteiger partial charge in [0.15, 0.2) is 12.1 Å².